The van der Waals surface area contributed by atoms with Crippen LogP contribution in [0.1, 0.15) is 20.8 Å². The van der Waals surface area contributed by atoms with E-state index in [1.54, 1.807) is 0 Å². The van der Waals surface area contributed by atoms with Crippen molar-refractivity contribution >= 4 is 31.3 Å². The first-order valence-corrected chi connectivity index (χ1v) is 8.47. The molecular formula is C10H18O2SSi. The highest BCUT2D eigenvalue weighted by molar-refractivity contribution is 7.78. The summed E-state index contributed by atoms with van der Waals surface area (Å²) < 4.78 is 5.25. The van der Waals surface area contributed by atoms with Crippen LogP contribution in [0.5, 0.6) is 0 Å². The fraction of sp³-hybridized carbons (Fsp3) is 0.700. The zero-order valence-electron chi connectivity index (χ0n) is 9.72. The minimum atomic E-state index is -1.72. The van der Waals surface area contributed by atoms with Crippen LogP contribution < -0.4 is 0 Å². The summed E-state index contributed by atoms with van der Waals surface area (Å²) in [6.07, 6.45) is 0. The zero-order chi connectivity index (χ0) is 11.6. The summed E-state index contributed by atoms with van der Waals surface area (Å²) in [7, 11) is -1.72. The highest BCUT2D eigenvalue weighted by Crippen LogP contribution is 2.17. The Morgan fingerprint density at radius 3 is 1.93 bits per heavy atom. The summed E-state index contributed by atoms with van der Waals surface area (Å²) in [6, 6.07) is 0. The van der Waals surface area contributed by atoms with E-state index < -0.39 is 13.7 Å². The molecule has 0 unspecified atom stereocenters. The molecule has 0 amide bonds. The topological polar surface area (TPSA) is 26.3 Å². The fourth-order valence-corrected chi connectivity index (χ4v) is 2.80. The average Bonchev–Trinajstić information content (AvgIpc) is 1.79. The molecule has 0 rings (SSSR count). The molecule has 0 radical (unpaired) electrons. The number of hydrogen-bond acceptors (Lipinski definition) is 3. The largest absolute Gasteiger partial charge is 0.456 e. The maximum Gasteiger partial charge on any atom is 0.338 e. The van der Waals surface area contributed by atoms with Crippen molar-refractivity contribution in [1.29, 1.82) is 0 Å². The molecular weight excluding hydrogens is 212 g/mol. The van der Waals surface area contributed by atoms with Gasteiger partial charge in [-0.05, 0) is 38.0 Å². The number of thiocarbonyl (C=S) groups is 1. The van der Waals surface area contributed by atoms with Crippen molar-refractivity contribution in [3.63, 3.8) is 0 Å². The standard InChI is InChI=1S/C10H18O2SSi/c1-10(2,3)12-9(11)8(7-13)14(4,5)6/h1-6H3. The number of ether oxygens (including phenoxy) is 1. The Labute approximate surface area is 92.3 Å². The molecule has 0 heterocycles. The van der Waals surface area contributed by atoms with Crippen molar-refractivity contribution in [3.05, 3.63) is 5.20 Å². The molecule has 0 aliphatic carbocycles. The van der Waals surface area contributed by atoms with Crippen molar-refractivity contribution < 1.29 is 9.53 Å². The fourth-order valence-electron chi connectivity index (χ4n) is 0.830. The molecule has 0 aliphatic heterocycles. The second kappa shape index (κ2) is 4.38. The van der Waals surface area contributed by atoms with Gasteiger partial charge in [-0.15, -0.1) is 0 Å². The van der Waals surface area contributed by atoms with Gasteiger partial charge in [0.2, 0.25) is 0 Å². The van der Waals surface area contributed by atoms with Crippen LogP contribution >= 0.6 is 12.2 Å². The van der Waals surface area contributed by atoms with Crippen molar-refractivity contribution in [3.8, 4) is 0 Å². The predicted octanol–water partition coefficient (Wildman–Crippen LogP) is 2.73. The van der Waals surface area contributed by atoms with E-state index in [1.807, 2.05) is 40.4 Å². The van der Waals surface area contributed by atoms with Gasteiger partial charge in [0.1, 0.15) is 5.60 Å². The van der Waals surface area contributed by atoms with E-state index in [1.165, 1.54) is 0 Å². The third-order valence-electron chi connectivity index (χ3n) is 1.46. The predicted molar refractivity (Wildman–Crippen MR) is 65.3 cm³/mol. The normalized spacial score (nSPS) is 11.9. The summed E-state index contributed by atoms with van der Waals surface area (Å²) in [5, 5.41) is 3.11. The number of carbonyl (C=O) groups is 1. The molecule has 0 saturated heterocycles. The second-order valence-corrected chi connectivity index (χ2v) is 10.4. The SMILES string of the molecule is CC(C)(C)OC(=O)C(=C=S)[Si](C)(C)C. The van der Waals surface area contributed by atoms with Crippen molar-refractivity contribution in [1.82, 2.24) is 0 Å². The van der Waals surface area contributed by atoms with Gasteiger partial charge in [-0.25, -0.2) is 4.79 Å². The van der Waals surface area contributed by atoms with E-state index in [0.717, 1.165) is 0 Å². The quantitative estimate of drug-likeness (QED) is 0.316. The van der Waals surface area contributed by atoms with Gasteiger partial charge in [0.25, 0.3) is 0 Å². The first kappa shape index (κ1) is 13.6. The minimum absolute atomic E-state index is 0.313. The molecule has 0 bridgehead atoms. The molecule has 0 N–H and O–H groups in total. The maximum atomic E-state index is 11.7. The van der Waals surface area contributed by atoms with Gasteiger partial charge >= 0.3 is 5.97 Å². The highest BCUT2D eigenvalue weighted by Gasteiger charge is 2.29. The summed E-state index contributed by atoms with van der Waals surface area (Å²) in [4.78, 5) is 11.7. The van der Waals surface area contributed by atoms with Gasteiger partial charge in [-0.1, -0.05) is 19.6 Å². The molecule has 0 aromatic carbocycles. The van der Waals surface area contributed by atoms with E-state index in [9.17, 15) is 4.79 Å². The van der Waals surface area contributed by atoms with Crippen molar-refractivity contribution in [2.75, 3.05) is 0 Å². The molecule has 80 valence electrons. The van der Waals surface area contributed by atoms with Gasteiger partial charge in [-0.2, -0.15) is 0 Å². The smallest absolute Gasteiger partial charge is 0.338 e. The molecule has 0 saturated carbocycles. The van der Waals surface area contributed by atoms with Gasteiger partial charge in [0, 0.05) is 0 Å². The first-order chi connectivity index (χ1) is 6.08. The molecule has 0 spiro atoms. The van der Waals surface area contributed by atoms with Gasteiger partial charge in [0.05, 0.1) is 13.3 Å². The molecule has 0 aromatic heterocycles. The van der Waals surface area contributed by atoms with Crippen LogP contribution in [-0.4, -0.2) is 24.7 Å². The van der Waals surface area contributed by atoms with Crippen molar-refractivity contribution in [2.24, 2.45) is 0 Å². The van der Waals surface area contributed by atoms with Crippen molar-refractivity contribution in [2.45, 2.75) is 46.0 Å². The van der Waals surface area contributed by atoms with Crippen LogP contribution in [0.25, 0.3) is 0 Å². The lowest BCUT2D eigenvalue weighted by atomic mass is 10.2. The molecule has 4 heteroatoms. The molecule has 14 heavy (non-hydrogen) atoms. The Balaban J connectivity index is 4.78. The Kier molecular flexibility index (Phi) is 4.25. The van der Waals surface area contributed by atoms with E-state index in [-0.39, 0.29) is 5.97 Å². The van der Waals surface area contributed by atoms with Gasteiger partial charge < -0.3 is 4.74 Å². The summed E-state index contributed by atoms with van der Waals surface area (Å²) in [5.41, 5.74) is -0.464. The monoisotopic (exact) mass is 230 g/mol. The Morgan fingerprint density at radius 2 is 1.71 bits per heavy atom. The van der Waals surface area contributed by atoms with E-state index in [0.29, 0.717) is 5.20 Å². The van der Waals surface area contributed by atoms with Gasteiger partial charge in [0.15, 0.2) is 0 Å². The molecule has 0 aliphatic rings. The third kappa shape index (κ3) is 4.70. The third-order valence-corrected chi connectivity index (χ3v) is 3.67. The Hall–Kier alpha value is -0.443. The van der Waals surface area contributed by atoms with Crippen LogP contribution in [0.3, 0.4) is 0 Å². The Morgan fingerprint density at radius 1 is 1.29 bits per heavy atom. The molecule has 0 aromatic rings. The van der Waals surface area contributed by atoms with Crippen LogP contribution in [0, 0.1) is 0 Å². The molecule has 0 atom stereocenters. The first-order valence-electron chi connectivity index (χ1n) is 4.57. The lowest BCUT2D eigenvalue weighted by molar-refractivity contribution is -0.148. The molecule has 2 nitrogen and oxygen atoms in total. The zero-order valence-corrected chi connectivity index (χ0v) is 11.5. The molecule has 0 fully saturated rings. The van der Waals surface area contributed by atoms with E-state index in [4.69, 9.17) is 17.0 Å². The van der Waals surface area contributed by atoms with E-state index in [2.05, 4.69) is 5.02 Å². The lowest BCUT2D eigenvalue weighted by Gasteiger charge is -2.23. The van der Waals surface area contributed by atoms with Crippen LogP contribution in [-0.2, 0) is 9.53 Å². The summed E-state index contributed by atoms with van der Waals surface area (Å²) in [5.74, 6) is -0.313. The number of hydrogen-bond donors (Lipinski definition) is 0. The van der Waals surface area contributed by atoms with Crippen LogP contribution in [0.15, 0.2) is 5.20 Å². The van der Waals surface area contributed by atoms with E-state index >= 15 is 0 Å². The number of carbonyl (C=O) groups excluding carboxylic acids is 1. The van der Waals surface area contributed by atoms with Gasteiger partial charge in [-0.3, -0.25) is 0 Å². The second-order valence-electron chi connectivity index (χ2n) is 5.23. The number of esters is 1. The summed E-state index contributed by atoms with van der Waals surface area (Å²) >= 11 is 4.73. The Bertz CT molecular complexity index is 277. The summed E-state index contributed by atoms with van der Waals surface area (Å²) in [6.45, 7) is 11.7. The number of rotatable bonds is 2. The highest BCUT2D eigenvalue weighted by atomic mass is 32.1. The lowest BCUT2D eigenvalue weighted by Crippen LogP contribution is -2.35. The minimum Gasteiger partial charge on any atom is -0.456 e. The van der Waals surface area contributed by atoms with Crippen LogP contribution in [0.2, 0.25) is 19.6 Å². The average molecular weight is 230 g/mol. The van der Waals surface area contributed by atoms with Crippen LogP contribution in [0.4, 0.5) is 0 Å². The maximum absolute atomic E-state index is 11.7.